The van der Waals surface area contributed by atoms with Crippen LogP contribution in [0.15, 0.2) is 12.1 Å². The second kappa shape index (κ2) is 9.17. The first-order valence-corrected chi connectivity index (χ1v) is 9.85. The van der Waals surface area contributed by atoms with Crippen molar-refractivity contribution in [3.63, 3.8) is 0 Å². The van der Waals surface area contributed by atoms with E-state index in [9.17, 15) is 9.59 Å². The lowest BCUT2D eigenvalue weighted by Crippen LogP contribution is -2.50. The Kier molecular flexibility index (Phi) is 6.65. The Morgan fingerprint density at radius 2 is 1.61 bits per heavy atom. The molecule has 154 valence electrons. The number of piperidine rings is 1. The van der Waals surface area contributed by atoms with Crippen LogP contribution < -0.4 is 14.2 Å². The van der Waals surface area contributed by atoms with Gasteiger partial charge in [0.2, 0.25) is 5.75 Å². The molecule has 2 atom stereocenters. The molecule has 2 fully saturated rings. The summed E-state index contributed by atoms with van der Waals surface area (Å²) in [5, 5.41) is 0. The molecule has 1 saturated carbocycles. The van der Waals surface area contributed by atoms with E-state index in [0.29, 0.717) is 29.2 Å². The van der Waals surface area contributed by atoms with Crippen LogP contribution in [-0.4, -0.2) is 57.3 Å². The van der Waals surface area contributed by atoms with Gasteiger partial charge in [-0.25, -0.2) is 4.79 Å². The minimum atomic E-state index is -0.593. The highest BCUT2D eigenvalue weighted by atomic mass is 16.5. The molecule has 3 rings (SSSR count). The third-order valence-electron chi connectivity index (χ3n) is 5.79. The Labute approximate surface area is 165 Å². The topological polar surface area (TPSA) is 74.3 Å². The van der Waals surface area contributed by atoms with Crippen molar-refractivity contribution in [3.05, 3.63) is 17.7 Å². The smallest absolute Gasteiger partial charge is 0.338 e. The van der Waals surface area contributed by atoms with Gasteiger partial charge in [0, 0.05) is 12.6 Å². The number of amides is 1. The quantitative estimate of drug-likeness (QED) is 0.694. The normalized spacial score (nSPS) is 21.5. The molecule has 1 amide bonds. The number of ether oxygens (including phenoxy) is 4. The Morgan fingerprint density at radius 1 is 0.964 bits per heavy atom. The van der Waals surface area contributed by atoms with Crippen LogP contribution in [0.4, 0.5) is 0 Å². The van der Waals surface area contributed by atoms with Crippen molar-refractivity contribution in [2.75, 3.05) is 34.5 Å². The van der Waals surface area contributed by atoms with Crippen LogP contribution in [0.25, 0.3) is 0 Å². The summed E-state index contributed by atoms with van der Waals surface area (Å²) in [4.78, 5) is 27.1. The van der Waals surface area contributed by atoms with Gasteiger partial charge in [-0.2, -0.15) is 0 Å². The molecule has 1 saturated heterocycles. The molecule has 0 aromatic heterocycles. The van der Waals surface area contributed by atoms with Gasteiger partial charge in [0.25, 0.3) is 5.91 Å². The number of nitrogens with zero attached hydrogens (tertiary/aromatic N) is 1. The molecule has 0 bridgehead atoms. The lowest BCUT2D eigenvalue weighted by atomic mass is 9.78. The van der Waals surface area contributed by atoms with E-state index in [0.717, 1.165) is 25.8 Å². The molecule has 1 aliphatic heterocycles. The lowest BCUT2D eigenvalue weighted by Gasteiger charge is -2.44. The molecule has 0 unspecified atom stereocenters. The van der Waals surface area contributed by atoms with Gasteiger partial charge in [-0.1, -0.05) is 12.8 Å². The summed E-state index contributed by atoms with van der Waals surface area (Å²) in [7, 11) is 4.45. The summed E-state index contributed by atoms with van der Waals surface area (Å²) in [5.41, 5.74) is 0.247. The van der Waals surface area contributed by atoms with E-state index in [2.05, 4.69) is 0 Å². The number of benzene rings is 1. The molecule has 1 heterocycles. The van der Waals surface area contributed by atoms with E-state index >= 15 is 0 Å². The molecule has 2 aliphatic rings. The largest absolute Gasteiger partial charge is 0.493 e. The van der Waals surface area contributed by atoms with Crippen molar-refractivity contribution in [3.8, 4) is 17.2 Å². The van der Waals surface area contributed by atoms with Crippen molar-refractivity contribution in [2.24, 2.45) is 5.92 Å². The van der Waals surface area contributed by atoms with Gasteiger partial charge in [0.15, 0.2) is 18.1 Å². The Morgan fingerprint density at radius 3 is 2.25 bits per heavy atom. The highest BCUT2D eigenvalue weighted by Crippen LogP contribution is 2.38. The molecule has 0 spiro atoms. The number of likely N-dealkylation sites (tertiary alicyclic amines) is 1. The van der Waals surface area contributed by atoms with Crippen molar-refractivity contribution in [1.29, 1.82) is 0 Å². The average molecular weight is 391 g/mol. The molecule has 0 N–H and O–H groups in total. The van der Waals surface area contributed by atoms with E-state index in [4.69, 9.17) is 18.9 Å². The first kappa shape index (κ1) is 20.3. The molecule has 1 aliphatic carbocycles. The van der Waals surface area contributed by atoms with E-state index < -0.39 is 5.97 Å². The van der Waals surface area contributed by atoms with E-state index in [1.165, 1.54) is 52.7 Å². The summed E-state index contributed by atoms with van der Waals surface area (Å²) in [6, 6.07) is 3.34. The number of carbonyl (C=O) groups excluding carboxylic acids is 2. The predicted octanol–water partition coefficient (Wildman–Crippen LogP) is 3.05. The van der Waals surface area contributed by atoms with Gasteiger partial charge in [-0.15, -0.1) is 0 Å². The maximum atomic E-state index is 12.7. The fraction of sp³-hybridized carbons (Fsp3) is 0.619. The SMILES string of the molecule is COc1cc(C(=O)OCC(=O)N2CCC[C@@H]3CCCC[C@@H]32)cc(OC)c1OC. The third-order valence-corrected chi connectivity index (χ3v) is 5.79. The molecule has 0 radical (unpaired) electrons. The molecule has 7 nitrogen and oxygen atoms in total. The van der Waals surface area contributed by atoms with E-state index in [-0.39, 0.29) is 18.1 Å². The minimum Gasteiger partial charge on any atom is -0.493 e. The maximum Gasteiger partial charge on any atom is 0.338 e. The Hall–Kier alpha value is -2.44. The first-order valence-electron chi connectivity index (χ1n) is 9.85. The average Bonchev–Trinajstić information content (AvgIpc) is 2.75. The second-order valence-corrected chi connectivity index (χ2v) is 7.33. The molecular formula is C21H29NO6. The zero-order valence-electron chi connectivity index (χ0n) is 16.9. The highest BCUT2D eigenvalue weighted by Gasteiger charge is 2.35. The van der Waals surface area contributed by atoms with Crippen LogP contribution in [0.3, 0.4) is 0 Å². The van der Waals surface area contributed by atoms with Crippen LogP contribution in [0.2, 0.25) is 0 Å². The van der Waals surface area contributed by atoms with Gasteiger partial charge >= 0.3 is 5.97 Å². The zero-order chi connectivity index (χ0) is 20.1. The predicted molar refractivity (Wildman–Crippen MR) is 103 cm³/mol. The number of fused-ring (bicyclic) bond motifs is 1. The molecular weight excluding hydrogens is 362 g/mol. The van der Waals surface area contributed by atoms with Crippen LogP contribution in [0.5, 0.6) is 17.2 Å². The summed E-state index contributed by atoms with van der Waals surface area (Å²) in [6.45, 7) is 0.500. The molecule has 1 aromatic rings. The van der Waals surface area contributed by atoms with Crippen molar-refractivity contribution >= 4 is 11.9 Å². The zero-order valence-corrected chi connectivity index (χ0v) is 16.9. The van der Waals surface area contributed by atoms with Gasteiger partial charge in [-0.05, 0) is 43.7 Å². The number of esters is 1. The summed E-state index contributed by atoms with van der Waals surface area (Å²) in [6.07, 6.45) is 6.87. The summed E-state index contributed by atoms with van der Waals surface area (Å²) in [5.74, 6) is 1.01. The lowest BCUT2D eigenvalue weighted by molar-refractivity contribution is -0.140. The van der Waals surface area contributed by atoms with Crippen LogP contribution in [0.1, 0.15) is 48.9 Å². The van der Waals surface area contributed by atoms with Crippen LogP contribution >= 0.6 is 0 Å². The molecule has 1 aromatic carbocycles. The minimum absolute atomic E-state index is 0.114. The van der Waals surface area contributed by atoms with Crippen molar-refractivity contribution in [1.82, 2.24) is 4.90 Å². The van der Waals surface area contributed by atoms with Crippen molar-refractivity contribution in [2.45, 2.75) is 44.6 Å². The van der Waals surface area contributed by atoms with Crippen molar-refractivity contribution < 1.29 is 28.5 Å². The Balaban J connectivity index is 1.65. The number of methoxy groups -OCH3 is 3. The second-order valence-electron chi connectivity index (χ2n) is 7.33. The summed E-state index contributed by atoms with van der Waals surface area (Å²) < 4.78 is 21.1. The van der Waals surface area contributed by atoms with Gasteiger partial charge < -0.3 is 23.8 Å². The first-order chi connectivity index (χ1) is 13.6. The number of carbonyl (C=O) groups is 2. The fourth-order valence-corrected chi connectivity index (χ4v) is 4.43. The Bertz CT molecular complexity index is 692. The van der Waals surface area contributed by atoms with Gasteiger partial charge in [0.05, 0.1) is 26.9 Å². The number of hydrogen-bond acceptors (Lipinski definition) is 6. The van der Waals surface area contributed by atoms with Gasteiger partial charge in [-0.3, -0.25) is 4.79 Å². The van der Waals surface area contributed by atoms with E-state index in [1.54, 1.807) is 0 Å². The monoisotopic (exact) mass is 391 g/mol. The highest BCUT2D eigenvalue weighted by molar-refractivity contribution is 5.93. The summed E-state index contributed by atoms with van der Waals surface area (Å²) >= 11 is 0. The molecule has 7 heteroatoms. The standard InChI is InChI=1S/C21H29NO6/c1-25-17-11-15(12-18(26-2)20(17)27-3)21(24)28-13-19(23)22-10-6-8-14-7-4-5-9-16(14)22/h11-12,14,16H,4-10,13H2,1-3H3/t14-,16-/m0/s1. The fourth-order valence-electron chi connectivity index (χ4n) is 4.43. The van der Waals surface area contributed by atoms with Gasteiger partial charge in [0.1, 0.15) is 0 Å². The maximum absolute atomic E-state index is 12.7. The van der Waals surface area contributed by atoms with Crippen LogP contribution in [0, 0.1) is 5.92 Å². The van der Waals surface area contributed by atoms with Crippen LogP contribution in [-0.2, 0) is 9.53 Å². The number of rotatable bonds is 6. The number of hydrogen-bond donors (Lipinski definition) is 0. The van der Waals surface area contributed by atoms with E-state index in [1.807, 2.05) is 4.90 Å². The third kappa shape index (κ3) is 4.18. The molecule has 28 heavy (non-hydrogen) atoms.